The maximum atomic E-state index is 12.3. The number of methoxy groups -OCH3 is 2. The van der Waals surface area contributed by atoms with Gasteiger partial charge in [-0.15, -0.1) is 17.2 Å². The van der Waals surface area contributed by atoms with E-state index in [9.17, 15) is 14.4 Å². The molecule has 0 aliphatic carbocycles. The summed E-state index contributed by atoms with van der Waals surface area (Å²) in [7, 11) is 0.833. The second kappa shape index (κ2) is 10.6. The molecule has 0 spiro atoms. The molecule has 0 amide bonds. The van der Waals surface area contributed by atoms with Crippen LogP contribution in [0.25, 0.3) is 0 Å². The van der Waals surface area contributed by atoms with Crippen LogP contribution in [0.2, 0.25) is 19.6 Å². The van der Waals surface area contributed by atoms with E-state index in [0.29, 0.717) is 12.8 Å². The Labute approximate surface area is 145 Å². The van der Waals surface area contributed by atoms with Gasteiger partial charge in [0.25, 0.3) is 0 Å². The predicted octanol–water partition coefficient (Wildman–Crippen LogP) is 2.67. The lowest BCUT2D eigenvalue weighted by Gasteiger charge is -2.24. The summed E-state index contributed by atoms with van der Waals surface area (Å²) in [5.74, 6) is 1.61. The Bertz CT molecular complexity index is 552. The van der Waals surface area contributed by atoms with Gasteiger partial charge in [-0.2, -0.15) is 0 Å². The first-order chi connectivity index (χ1) is 11.2. The maximum absolute atomic E-state index is 12.3. The van der Waals surface area contributed by atoms with Crippen LogP contribution < -0.4 is 0 Å². The molecule has 6 heteroatoms. The van der Waals surface area contributed by atoms with Crippen LogP contribution >= 0.6 is 0 Å². The highest BCUT2D eigenvalue weighted by molar-refractivity contribution is 6.83. The van der Waals surface area contributed by atoms with Crippen molar-refractivity contribution in [3.8, 4) is 11.5 Å². The first kappa shape index (κ1) is 21.9. The molecule has 0 aromatic rings. The molecule has 0 N–H and O–H groups in total. The fourth-order valence-electron chi connectivity index (χ4n) is 1.87. The molecule has 0 aliphatic heterocycles. The Morgan fingerprint density at radius 2 is 1.62 bits per heavy atom. The summed E-state index contributed by atoms with van der Waals surface area (Å²) in [4.78, 5) is 34.8. The van der Waals surface area contributed by atoms with E-state index >= 15 is 0 Å². The first-order valence-electron chi connectivity index (χ1n) is 7.73. The minimum absolute atomic E-state index is 0.0309. The van der Waals surface area contributed by atoms with Crippen LogP contribution in [-0.2, 0) is 23.9 Å². The lowest BCUT2D eigenvalue weighted by atomic mass is 9.81. The number of aldehydes is 1. The number of ether oxygens (including phenoxy) is 2. The lowest BCUT2D eigenvalue weighted by molar-refractivity contribution is -0.168. The monoisotopic (exact) mass is 350 g/mol. The third kappa shape index (κ3) is 7.45. The van der Waals surface area contributed by atoms with Gasteiger partial charge in [0.1, 0.15) is 14.4 Å². The summed E-state index contributed by atoms with van der Waals surface area (Å²) in [5, 5.41) is 0. The van der Waals surface area contributed by atoms with E-state index in [4.69, 9.17) is 9.47 Å². The van der Waals surface area contributed by atoms with Gasteiger partial charge in [0, 0.05) is 19.3 Å². The van der Waals surface area contributed by atoms with Crippen LogP contribution in [-0.4, -0.2) is 40.5 Å². The smallest absolute Gasteiger partial charge is 0.324 e. The Kier molecular flexibility index (Phi) is 9.71. The molecule has 0 atom stereocenters. The van der Waals surface area contributed by atoms with Gasteiger partial charge in [-0.05, 0) is 18.6 Å². The number of unbranched alkanes of at least 4 members (excludes halogenated alkanes) is 1. The summed E-state index contributed by atoms with van der Waals surface area (Å²) in [5.41, 5.74) is 4.52. The van der Waals surface area contributed by atoms with Crippen LogP contribution in [0.4, 0.5) is 0 Å². The molecule has 132 valence electrons. The standard InChI is InChI=1S/C18H26O5Si/c1-22-16(20)18(17(21)23-2,13-11-15-24(3,4)5)12-9-7-6-8-10-14-19/h6,9,14H,8,10,12-13H2,1-5H3. The molecule has 0 fully saturated rings. The van der Waals surface area contributed by atoms with Gasteiger partial charge in [0.2, 0.25) is 0 Å². The summed E-state index contributed by atoms with van der Waals surface area (Å²) in [6, 6.07) is 0. The molecule has 5 nitrogen and oxygen atoms in total. The minimum atomic E-state index is -1.63. The van der Waals surface area contributed by atoms with Gasteiger partial charge in [-0.25, -0.2) is 0 Å². The molecule has 0 aliphatic rings. The quantitative estimate of drug-likeness (QED) is 0.128. The van der Waals surface area contributed by atoms with Crippen molar-refractivity contribution in [2.45, 2.75) is 45.3 Å². The second-order valence-corrected chi connectivity index (χ2v) is 11.1. The van der Waals surface area contributed by atoms with E-state index in [1.807, 2.05) is 0 Å². The lowest BCUT2D eigenvalue weighted by Crippen LogP contribution is -2.40. The van der Waals surface area contributed by atoms with Crippen molar-refractivity contribution in [1.29, 1.82) is 0 Å². The second-order valence-electron chi connectivity index (χ2n) is 6.32. The summed E-state index contributed by atoms with van der Waals surface area (Å²) >= 11 is 0. The number of allylic oxidation sites excluding steroid dienone is 1. The van der Waals surface area contributed by atoms with E-state index in [1.165, 1.54) is 14.2 Å². The van der Waals surface area contributed by atoms with Crippen molar-refractivity contribution < 1.29 is 23.9 Å². The molecule has 0 rings (SSSR count). The Balaban J connectivity index is 5.54. The minimum Gasteiger partial charge on any atom is -0.468 e. The van der Waals surface area contributed by atoms with Crippen molar-refractivity contribution in [2.75, 3.05) is 14.2 Å². The van der Waals surface area contributed by atoms with Crippen LogP contribution in [0.15, 0.2) is 17.9 Å². The molecular formula is C18H26O5Si. The zero-order valence-corrected chi connectivity index (χ0v) is 16.1. The van der Waals surface area contributed by atoms with Gasteiger partial charge < -0.3 is 14.3 Å². The largest absolute Gasteiger partial charge is 0.468 e. The Hall–Kier alpha value is -2.09. The zero-order valence-electron chi connectivity index (χ0n) is 15.1. The topological polar surface area (TPSA) is 69.7 Å². The van der Waals surface area contributed by atoms with Crippen molar-refractivity contribution in [2.24, 2.45) is 5.41 Å². The van der Waals surface area contributed by atoms with Crippen LogP contribution in [0.5, 0.6) is 0 Å². The van der Waals surface area contributed by atoms with Crippen molar-refractivity contribution in [1.82, 2.24) is 0 Å². The van der Waals surface area contributed by atoms with Crippen molar-refractivity contribution in [3.63, 3.8) is 0 Å². The average molecular weight is 350 g/mol. The third-order valence-corrected chi connectivity index (χ3v) is 4.05. The number of hydrogen-bond donors (Lipinski definition) is 0. The highest BCUT2D eigenvalue weighted by Gasteiger charge is 2.47. The van der Waals surface area contributed by atoms with E-state index in [1.54, 1.807) is 12.2 Å². The van der Waals surface area contributed by atoms with Crippen molar-refractivity contribution in [3.05, 3.63) is 17.9 Å². The van der Waals surface area contributed by atoms with E-state index < -0.39 is 25.4 Å². The van der Waals surface area contributed by atoms with Gasteiger partial charge >= 0.3 is 11.9 Å². The molecule has 0 aromatic heterocycles. The fraction of sp³-hybridized carbons (Fsp3) is 0.556. The van der Waals surface area contributed by atoms with E-state index in [0.717, 1.165) is 6.29 Å². The summed E-state index contributed by atoms with van der Waals surface area (Å²) in [6.45, 7) is 6.23. The third-order valence-electron chi connectivity index (χ3n) is 3.12. The van der Waals surface area contributed by atoms with Crippen LogP contribution in [0, 0.1) is 16.9 Å². The number of esters is 2. The van der Waals surface area contributed by atoms with Gasteiger partial charge in [-0.3, -0.25) is 9.59 Å². The fourth-order valence-corrected chi connectivity index (χ4v) is 2.49. The molecule has 0 aromatic carbocycles. The number of carbonyl (C=O) groups is 3. The van der Waals surface area contributed by atoms with Crippen LogP contribution in [0.1, 0.15) is 25.7 Å². The van der Waals surface area contributed by atoms with E-state index in [-0.39, 0.29) is 12.8 Å². The Morgan fingerprint density at radius 1 is 1.04 bits per heavy atom. The molecule has 0 saturated heterocycles. The molecular weight excluding hydrogens is 324 g/mol. The molecule has 0 heterocycles. The highest BCUT2D eigenvalue weighted by Crippen LogP contribution is 2.30. The molecule has 0 bridgehead atoms. The molecule has 0 radical (unpaired) electrons. The van der Waals surface area contributed by atoms with Gasteiger partial charge in [-0.1, -0.05) is 19.6 Å². The summed E-state index contributed by atoms with van der Waals surface area (Å²) in [6.07, 6.45) is 5.14. The van der Waals surface area contributed by atoms with Crippen molar-refractivity contribution >= 4 is 26.3 Å². The first-order valence-corrected chi connectivity index (χ1v) is 11.2. The predicted molar refractivity (Wildman–Crippen MR) is 94.8 cm³/mol. The SMILES string of the molecule is COC(=O)C(CC#C[Si](C)(C)C)(CC=C=CCCC=O)C(=O)OC. The molecule has 24 heavy (non-hydrogen) atoms. The highest BCUT2D eigenvalue weighted by atomic mass is 28.3. The summed E-state index contributed by atoms with van der Waals surface area (Å²) < 4.78 is 9.63. The molecule has 0 saturated carbocycles. The number of hydrogen-bond acceptors (Lipinski definition) is 5. The normalized spacial score (nSPS) is 10.5. The average Bonchev–Trinajstić information content (AvgIpc) is 2.53. The van der Waals surface area contributed by atoms with Gasteiger partial charge in [0.05, 0.1) is 14.2 Å². The van der Waals surface area contributed by atoms with Crippen LogP contribution in [0.3, 0.4) is 0 Å². The number of rotatable bonds is 8. The van der Waals surface area contributed by atoms with E-state index in [2.05, 4.69) is 36.8 Å². The maximum Gasteiger partial charge on any atom is 0.324 e. The zero-order chi connectivity index (χ0) is 18.6. The molecule has 0 unspecified atom stereocenters. The Morgan fingerprint density at radius 3 is 2.08 bits per heavy atom. The number of carbonyl (C=O) groups excluding carboxylic acids is 3. The van der Waals surface area contributed by atoms with Gasteiger partial charge in [0.15, 0.2) is 5.41 Å².